The Labute approximate surface area is 67.5 Å². The molecule has 1 aliphatic carbocycles. The number of hydrogen-bond donors (Lipinski definition) is 1. The fourth-order valence-corrected chi connectivity index (χ4v) is 1.85. The van der Waals surface area contributed by atoms with Gasteiger partial charge in [0.1, 0.15) is 0 Å². The van der Waals surface area contributed by atoms with Crippen molar-refractivity contribution in [1.82, 2.24) is 0 Å². The highest BCUT2D eigenvalue weighted by Gasteiger charge is 2.34. The number of ether oxygens (including phenoxy) is 1. The van der Waals surface area contributed by atoms with Crippen molar-refractivity contribution in [3.05, 3.63) is 0 Å². The van der Waals surface area contributed by atoms with Crippen molar-refractivity contribution >= 4 is 12.4 Å². The number of hydrogen-bond acceptors (Lipinski definition) is 2. The predicted octanol–water partition coefficient (Wildman–Crippen LogP) is 0.934. The van der Waals surface area contributed by atoms with Gasteiger partial charge in [0.25, 0.3) is 0 Å². The summed E-state index contributed by atoms with van der Waals surface area (Å²) in [5.74, 6) is 0.684. The van der Waals surface area contributed by atoms with E-state index in [9.17, 15) is 0 Å². The highest BCUT2D eigenvalue weighted by Crippen LogP contribution is 2.31. The quantitative estimate of drug-likeness (QED) is 0.577. The molecule has 2 fully saturated rings. The standard InChI is InChI=1S/C7H13NO.ClH/c8-7-2-1-6-3-5(7)4-9-6;/h5-7H,1-4,8H2;1H/t5-,6+,7-;/m1./s1. The van der Waals surface area contributed by atoms with E-state index in [4.69, 9.17) is 10.5 Å². The molecule has 0 spiro atoms. The first kappa shape index (κ1) is 8.31. The molecule has 1 saturated heterocycles. The second-order valence-corrected chi connectivity index (χ2v) is 3.19. The molecule has 0 aromatic rings. The molecule has 1 saturated carbocycles. The first-order chi connectivity index (χ1) is 4.36. The van der Waals surface area contributed by atoms with Crippen LogP contribution in [-0.4, -0.2) is 18.8 Å². The molecule has 1 aliphatic heterocycles. The Morgan fingerprint density at radius 3 is 2.80 bits per heavy atom. The summed E-state index contributed by atoms with van der Waals surface area (Å²) in [5, 5.41) is 0. The van der Waals surface area contributed by atoms with Gasteiger partial charge in [0, 0.05) is 6.04 Å². The summed E-state index contributed by atoms with van der Waals surface area (Å²) in [6.45, 7) is 0.922. The van der Waals surface area contributed by atoms with E-state index in [2.05, 4.69) is 0 Å². The van der Waals surface area contributed by atoms with E-state index >= 15 is 0 Å². The maximum Gasteiger partial charge on any atom is 0.0580 e. The Morgan fingerprint density at radius 2 is 2.10 bits per heavy atom. The molecule has 0 aromatic heterocycles. The van der Waals surface area contributed by atoms with Crippen LogP contribution in [0.3, 0.4) is 0 Å². The molecule has 2 rings (SSSR count). The Morgan fingerprint density at radius 1 is 1.30 bits per heavy atom. The van der Waals surface area contributed by atoms with Crippen molar-refractivity contribution in [3.8, 4) is 0 Å². The van der Waals surface area contributed by atoms with Crippen LogP contribution in [0.5, 0.6) is 0 Å². The SMILES string of the molecule is Cl.N[C@@H]1CC[C@H]2C[C@@H]1CO2. The summed E-state index contributed by atoms with van der Waals surface area (Å²) in [5.41, 5.74) is 5.84. The summed E-state index contributed by atoms with van der Waals surface area (Å²) in [7, 11) is 0. The summed E-state index contributed by atoms with van der Waals surface area (Å²) < 4.78 is 5.47. The summed E-state index contributed by atoms with van der Waals surface area (Å²) in [6, 6.07) is 0.434. The van der Waals surface area contributed by atoms with Crippen LogP contribution in [0.4, 0.5) is 0 Å². The molecule has 1 heterocycles. The minimum atomic E-state index is 0. The van der Waals surface area contributed by atoms with Crippen LogP contribution >= 0.6 is 12.4 Å². The number of rotatable bonds is 0. The number of halogens is 1. The van der Waals surface area contributed by atoms with Gasteiger partial charge < -0.3 is 10.5 Å². The van der Waals surface area contributed by atoms with Crippen LogP contribution in [-0.2, 0) is 4.74 Å². The maximum atomic E-state index is 5.84. The highest BCUT2D eigenvalue weighted by molar-refractivity contribution is 5.85. The van der Waals surface area contributed by atoms with E-state index in [-0.39, 0.29) is 12.4 Å². The third-order valence-electron chi connectivity index (χ3n) is 2.54. The van der Waals surface area contributed by atoms with Crippen LogP contribution in [0, 0.1) is 5.92 Å². The molecule has 0 unspecified atom stereocenters. The van der Waals surface area contributed by atoms with Gasteiger partial charge in [0.2, 0.25) is 0 Å². The average molecular weight is 164 g/mol. The molecule has 0 aromatic carbocycles. The van der Waals surface area contributed by atoms with Gasteiger partial charge in [0.05, 0.1) is 12.7 Å². The summed E-state index contributed by atoms with van der Waals surface area (Å²) in [4.78, 5) is 0. The van der Waals surface area contributed by atoms with Crippen molar-refractivity contribution < 1.29 is 4.74 Å². The van der Waals surface area contributed by atoms with Gasteiger partial charge >= 0.3 is 0 Å². The Bertz CT molecular complexity index is 120. The van der Waals surface area contributed by atoms with Crippen LogP contribution in [0.25, 0.3) is 0 Å². The van der Waals surface area contributed by atoms with Gasteiger partial charge in [-0.3, -0.25) is 0 Å². The predicted molar refractivity (Wildman–Crippen MR) is 42.3 cm³/mol. The van der Waals surface area contributed by atoms with E-state index in [1.54, 1.807) is 0 Å². The Hall–Kier alpha value is 0.210. The third kappa shape index (κ3) is 1.29. The van der Waals surface area contributed by atoms with Gasteiger partial charge in [-0.15, -0.1) is 12.4 Å². The summed E-state index contributed by atoms with van der Waals surface area (Å²) >= 11 is 0. The van der Waals surface area contributed by atoms with Crippen molar-refractivity contribution in [2.75, 3.05) is 6.61 Å². The van der Waals surface area contributed by atoms with Crippen molar-refractivity contribution in [3.63, 3.8) is 0 Å². The Kier molecular flexibility index (Phi) is 2.55. The fourth-order valence-electron chi connectivity index (χ4n) is 1.85. The minimum Gasteiger partial charge on any atom is -0.378 e. The number of fused-ring (bicyclic) bond motifs is 2. The van der Waals surface area contributed by atoms with Crippen LogP contribution in [0.2, 0.25) is 0 Å². The zero-order valence-electron chi connectivity index (χ0n) is 5.95. The molecule has 10 heavy (non-hydrogen) atoms. The molecule has 2 N–H and O–H groups in total. The van der Waals surface area contributed by atoms with Gasteiger partial charge in [-0.2, -0.15) is 0 Å². The first-order valence-corrected chi connectivity index (χ1v) is 3.73. The monoisotopic (exact) mass is 163 g/mol. The zero-order valence-corrected chi connectivity index (χ0v) is 6.77. The lowest BCUT2D eigenvalue weighted by molar-refractivity contribution is 0.107. The van der Waals surface area contributed by atoms with Crippen molar-refractivity contribution in [2.45, 2.75) is 31.4 Å². The Balaban J connectivity index is 0.000000500. The van der Waals surface area contributed by atoms with Crippen molar-refractivity contribution in [2.24, 2.45) is 11.7 Å². The van der Waals surface area contributed by atoms with E-state index in [1.165, 1.54) is 19.3 Å². The number of nitrogens with two attached hydrogens (primary N) is 1. The molecule has 3 heteroatoms. The van der Waals surface area contributed by atoms with Crippen LogP contribution in [0.1, 0.15) is 19.3 Å². The second kappa shape index (κ2) is 3.07. The minimum absolute atomic E-state index is 0. The van der Waals surface area contributed by atoms with E-state index in [1.807, 2.05) is 0 Å². The lowest BCUT2D eigenvalue weighted by Crippen LogP contribution is -2.33. The van der Waals surface area contributed by atoms with Gasteiger partial charge in [-0.05, 0) is 25.2 Å². The van der Waals surface area contributed by atoms with Crippen LogP contribution in [0.15, 0.2) is 0 Å². The highest BCUT2D eigenvalue weighted by atomic mass is 35.5. The van der Waals surface area contributed by atoms with Crippen LogP contribution < -0.4 is 5.73 Å². The van der Waals surface area contributed by atoms with Gasteiger partial charge in [0.15, 0.2) is 0 Å². The topological polar surface area (TPSA) is 35.2 Å². The first-order valence-electron chi connectivity index (χ1n) is 3.73. The molecule has 0 radical (unpaired) electrons. The normalized spacial score (nSPS) is 44.7. The molecule has 2 bridgehead atoms. The fraction of sp³-hybridized carbons (Fsp3) is 1.00. The summed E-state index contributed by atoms with van der Waals surface area (Å²) in [6.07, 6.45) is 4.16. The molecule has 0 amide bonds. The largest absolute Gasteiger partial charge is 0.378 e. The molecular formula is C7H14ClNO. The lowest BCUT2D eigenvalue weighted by atomic mass is 9.86. The molecular weight excluding hydrogens is 150 g/mol. The van der Waals surface area contributed by atoms with Gasteiger partial charge in [-0.25, -0.2) is 0 Å². The molecule has 2 nitrogen and oxygen atoms in total. The molecule has 60 valence electrons. The van der Waals surface area contributed by atoms with E-state index < -0.39 is 0 Å². The van der Waals surface area contributed by atoms with Crippen molar-refractivity contribution in [1.29, 1.82) is 0 Å². The average Bonchev–Trinajstić information content (AvgIpc) is 2.25. The smallest absolute Gasteiger partial charge is 0.0580 e. The van der Waals surface area contributed by atoms with E-state index in [0.29, 0.717) is 18.1 Å². The molecule has 2 aliphatic rings. The van der Waals surface area contributed by atoms with E-state index in [0.717, 1.165) is 6.61 Å². The second-order valence-electron chi connectivity index (χ2n) is 3.19. The lowest BCUT2D eigenvalue weighted by Gasteiger charge is -2.22. The third-order valence-corrected chi connectivity index (χ3v) is 2.54. The molecule has 3 atom stereocenters. The van der Waals surface area contributed by atoms with Gasteiger partial charge in [-0.1, -0.05) is 0 Å². The maximum absolute atomic E-state index is 5.84. The zero-order chi connectivity index (χ0) is 6.27.